The molecule has 9 heteroatoms. The summed E-state index contributed by atoms with van der Waals surface area (Å²) < 4.78 is 39.7. The van der Waals surface area contributed by atoms with Gasteiger partial charge in [-0.05, 0) is 49.4 Å². The molecule has 1 N–H and O–H groups in total. The van der Waals surface area contributed by atoms with Crippen molar-refractivity contribution in [3.8, 4) is 5.69 Å². The number of anilines is 1. The first-order valence-electron chi connectivity index (χ1n) is 7.70. The summed E-state index contributed by atoms with van der Waals surface area (Å²) in [6.45, 7) is 1.82. The molecular weight excluding hydrogens is 399 g/mol. The summed E-state index contributed by atoms with van der Waals surface area (Å²) in [5.74, 6) is 0. The lowest BCUT2D eigenvalue weighted by Crippen LogP contribution is -2.17. The molecule has 27 heavy (non-hydrogen) atoms. The van der Waals surface area contributed by atoms with Gasteiger partial charge in [-0.15, -0.1) is 11.3 Å². The Hall–Kier alpha value is -2.58. The standard InChI is InChI=1S/C18H13ClF3N3OS/c1-11-10-25(15-7-5-12(6-8-15)18(20,21)22)17(27-11)24-16(26)23-14-4-2-3-13(19)9-14/h2-10H,1H3,(H,23,26). The van der Waals surface area contributed by atoms with Crippen LogP contribution < -0.4 is 10.1 Å². The largest absolute Gasteiger partial charge is 0.416 e. The average Bonchev–Trinajstić information content (AvgIpc) is 2.94. The second-order valence-electron chi connectivity index (χ2n) is 5.59. The quantitative estimate of drug-likeness (QED) is 0.581. The van der Waals surface area contributed by atoms with Gasteiger partial charge >= 0.3 is 12.2 Å². The highest BCUT2D eigenvalue weighted by molar-refractivity contribution is 7.09. The lowest BCUT2D eigenvalue weighted by molar-refractivity contribution is -0.137. The molecule has 2 amide bonds. The van der Waals surface area contributed by atoms with Crippen molar-refractivity contribution >= 4 is 34.7 Å². The predicted molar refractivity (Wildman–Crippen MR) is 99.4 cm³/mol. The fraction of sp³-hybridized carbons (Fsp3) is 0.111. The molecule has 3 aromatic rings. The molecule has 0 radical (unpaired) electrons. The Morgan fingerprint density at radius 1 is 1.19 bits per heavy atom. The van der Waals surface area contributed by atoms with Gasteiger partial charge in [-0.1, -0.05) is 17.7 Å². The second-order valence-corrected chi connectivity index (χ2v) is 7.24. The van der Waals surface area contributed by atoms with Crippen molar-refractivity contribution in [1.82, 2.24) is 4.57 Å². The molecule has 0 aliphatic carbocycles. The minimum Gasteiger partial charge on any atom is -0.306 e. The fourth-order valence-electron chi connectivity index (χ4n) is 2.33. The van der Waals surface area contributed by atoms with Crippen LogP contribution in [0.1, 0.15) is 10.4 Å². The van der Waals surface area contributed by atoms with Crippen LogP contribution >= 0.6 is 22.9 Å². The third-order valence-electron chi connectivity index (χ3n) is 3.52. The van der Waals surface area contributed by atoms with Crippen molar-refractivity contribution < 1.29 is 18.0 Å². The van der Waals surface area contributed by atoms with Crippen LogP contribution in [0.2, 0.25) is 5.02 Å². The van der Waals surface area contributed by atoms with E-state index in [4.69, 9.17) is 11.6 Å². The second kappa shape index (κ2) is 7.58. The van der Waals surface area contributed by atoms with Crippen LogP contribution in [0.5, 0.6) is 0 Å². The SMILES string of the molecule is Cc1cn(-c2ccc(C(F)(F)F)cc2)c(=NC(=O)Nc2cccc(Cl)c2)s1. The number of nitrogens with one attached hydrogen (secondary N) is 1. The zero-order valence-corrected chi connectivity index (χ0v) is 15.5. The molecule has 0 spiro atoms. The maximum Gasteiger partial charge on any atom is 0.416 e. The summed E-state index contributed by atoms with van der Waals surface area (Å²) in [7, 11) is 0. The summed E-state index contributed by atoms with van der Waals surface area (Å²) in [5.41, 5.74) is 0.225. The van der Waals surface area contributed by atoms with Gasteiger partial charge in [-0.3, -0.25) is 4.57 Å². The van der Waals surface area contributed by atoms with Crippen LogP contribution in [0.15, 0.2) is 59.7 Å². The number of carbonyl (C=O) groups is 1. The third-order valence-corrected chi connectivity index (χ3v) is 4.65. The maximum absolute atomic E-state index is 12.7. The Kier molecular flexibility index (Phi) is 5.38. The number of hydrogen-bond acceptors (Lipinski definition) is 2. The molecule has 0 unspecified atom stereocenters. The lowest BCUT2D eigenvalue weighted by atomic mass is 10.2. The van der Waals surface area contributed by atoms with Gasteiger partial charge in [0.1, 0.15) is 0 Å². The number of halogens is 4. The summed E-state index contributed by atoms with van der Waals surface area (Å²) in [4.78, 5) is 17.4. The number of nitrogens with zero attached hydrogens (tertiary/aromatic N) is 2. The number of rotatable bonds is 2. The van der Waals surface area contributed by atoms with Crippen molar-refractivity contribution in [2.24, 2.45) is 4.99 Å². The van der Waals surface area contributed by atoms with Gasteiger partial charge in [0.05, 0.1) is 5.56 Å². The Labute approximate surface area is 161 Å². The molecular formula is C18H13ClF3N3OS. The van der Waals surface area contributed by atoms with E-state index in [0.717, 1.165) is 17.0 Å². The van der Waals surface area contributed by atoms with Gasteiger partial charge < -0.3 is 5.32 Å². The van der Waals surface area contributed by atoms with Gasteiger partial charge in [-0.25, -0.2) is 4.79 Å². The zero-order chi connectivity index (χ0) is 19.6. The first-order chi connectivity index (χ1) is 12.7. The van der Waals surface area contributed by atoms with Crippen molar-refractivity contribution in [2.45, 2.75) is 13.1 Å². The van der Waals surface area contributed by atoms with Crippen LogP contribution in [0.4, 0.5) is 23.7 Å². The number of carbonyl (C=O) groups excluding carboxylic acids is 1. The Balaban J connectivity index is 1.91. The van der Waals surface area contributed by atoms with E-state index in [1.54, 1.807) is 35.0 Å². The van der Waals surface area contributed by atoms with E-state index >= 15 is 0 Å². The Morgan fingerprint density at radius 2 is 1.89 bits per heavy atom. The van der Waals surface area contributed by atoms with Gasteiger partial charge in [0.2, 0.25) is 0 Å². The molecule has 0 saturated heterocycles. The van der Waals surface area contributed by atoms with E-state index in [1.165, 1.54) is 23.5 Å². The summed E-state index contributed by atoms with van der Waals surface area (Å²) in [6, 6.07) is 10.7. The number of aryl methyl sites for hydroxylation is 1. The summed E-state index contributed by atoms with van der Waals surface area (Å²) in [6.07, 6.45) is -2.70. The van der Waals surface area contributed by atoms with E-state index in [9.17, 15) is 18.0 Å². The summed E-state index contributed by atoms with van der Waals surface area (Å²) >= 11 is 7.13. The number of hydrogen-bond donors (Lipinski definition) is 1. The fourth-order valence-corrected chi connectivity index (χ4v) is 3.36. The van der Waals surface area contributed by atoms with Crippen molar-refractivity contribution in [2.75, 3.05) is 5.32 Å². The van der Waals surface area contributed by atoms with Crippen molar-refractivity contribution in [1.29, 1.82) is 0 Å². The number of alkyl halides is 3. The molecule has 3 rings (SSSR count). The molecule has 0 fully saturated rings. The highest BCUT2D eigenvalue weighted by Crippen LogP contribution is 2.29. The van der Waals surface area contributed by atoms with Gasteiger partial charge in [0.15, 0.2) is 4.80 Å². The van der Waals surface area contributed by atoms with Gasteiger partial charge in [0.25, 0.3) is 0 Å². The van der Waals surface area contributed by atoms with E-state index in [2.05, 4.69) is 10.3 Å². The first-order valence-corrected chi connectivity index (χ1v) is 8.90. The normalized spacial score (nSPS) is 12.3. The Morgan fingerprint density at radius 3 is 2.52 bits per heavy atom. The Bertz CT molecular complexity index is 1040. The van der Waals surface area contributed by atoms with Crippen molar-refractivity contribution in [3.63, 3.8) is 0 Å². The molecule has 2 aromatic carbocycles. The number of aromatic nitrogens is 1. The van der Waals surface area contributed by atoms with E-state index in [1.807, 2.05) is 6.92 Å². The van der Waals surface area contributed by atoms with Crippen molar-refractivity contribution in [3.05, 3.63) is 75.0 Å². The molecule has 0 aliphatic rings. The number of amides is 2. The first kappa shape index (κ1) is 19.2. The average molecular weight is 412 g/mol. The van der Waals surface area contributed by atoms with E-state index < -0.39 is 17.8 Å². The maximum atomic E-state index is 12.7. The van der Waals surface area contributed by atoms with Gasteiger partial charge in [0, 0.05) is 27.5 Å². The molecule has 1 aromatic heterocycles. The van der Waals surface area contributed by atoms with Crippen LogP contribution in [-0.4, -0.2) is 10.6 Å². The highest BCUT2D eigenvalue weighted by atomic mass is 35.5. The van der Waals surface area contributed by atoms with Crippen LogP contribution in [0.25, 0.3) is 5.69 Å². The van der Waals surface area contributed by atoms with E-state index in [-0.39, 0.29) is 0 Å². The predicted octanol–water partition coefficient (Wildman–Crippen LogP) is 5.65. The molecule has 0 saturated carbocycles. The zero-order valence-electron chi connectivity index (χ0n) is 13.9. The topological polar surface area (TPSA) is 46.4 Å². The molecule has 0 aliphatic heterocycles. The third kappa shape index (κ3) is 4.78. The van der Waals surface area contributed by atoms with Gasteiger partial charge in [-0.2, -0.15) is 18.2 Å². The molecule has 1 heterocycles. The summed E-state index contributed by atoms with van der Waals surface area (Å²) in [5, 5.41) is 3.07. The smallest absolute Gasteiger partial charge is 0.306 e. The van der Waals surface area contributed by atoms with Crippen LogP contribution in [-0.2, 0) is 6.18 Å². The van der Waals surface area contributed by atoms with Crippen LogP contribution in [0.3, 0.4) is 0 Å². The molecule has 140 valence electrons. The number of benzene rings is 2. The minimum atomic E-state index is -4.40. The van der Waals surface area contributed by atoms with E-state index in [0.29, 0.717) is 21.2 Å². The monoisotopic (exact) mass is 411 g/mol. The molecule has 4 nitrogen and oxygen atoms in total. The number of urea groups is 1. The van der Waals surface area contributed by atoms with Crippen LogP contribution in [0, 0.1) is 6.92 Å². The minimum absolute atomic E-state index is 0.340. The highest BCUT2D eigenvalue weighted by Gasteiger charge is 2.30. The number of thiazole rings is 1. The lowest BCUT2D eigenvalue weighted by Gasteiger charge is -2.08. The molecule has 0 bridgehead atoms. The molecule has 0 atom stereocenters.